The molecule has 2 N–H and O–H groups in total. The monoisotopic (exact) mass is 211 g/mol. The minimum atomic E-state index is -0.108. The molecule has 0 aromatic heterocycles. The molecule has 1 saturated heterocycles. The molecule has 1 aliphatic carbocycles. The Morgan fingerprint density at radius 1 is 1.27 bits per heavy atom. The number of guanidine groups is 1. The number of nitrogens with zero attached hydrogens (tertiary/aromatic N) is 2. The molecule has 0 unspecified atom stereocenters. The van der Waals surface area contributed by atoms with Gasteiger partial charge in [0.15, 0.2) is 5.96 Å². The van der Waals surface area contributed by atoms with Crippen LogP contribution in [0.3, 0.4) is 0 Å². The zero-order valence-electron chi connectivity index (χ0n) is 9.45. The van der Waals surface area contributed by atoms with E-state index in [9.17, 15) is 5.11 Å². The molecule has 0 atom stereocenters. The van der Waals surface area contributed by atoms with Gasteiger partial charge in [-0.3, -0.25) is 4.99 Å². The lowest BCUT2D eigenvalue weighted by molar-refractivity contribution is 0.107. The molecule has 0 spiro atoms. The summed E-state index contributed by atoms with van der Waals surface area (Å²) in [6.07, 6.45) is 5.51. The summed E-state index contributed by atoms with van der Waals surface area (Å²) in [4.78, 5) is 6.56. The molecule has 0 aromatic carbocycles. The maximum absolute atomic E-state index is 9.43. The van der Waals surface area contributed by atoms with Gasteiger partial charge in [-0.15, -0.1) is 0 Å². The number of nitrogens with one attached hydrogen (secondary N) is 1. The van der Waals surface area contributed by atoms with Crippen molar-refractivity contribution in [1.82, 2.24) is 10.2 Å². The summed E-state index contributed by atoms with van der Waals surface area (Å²) in [5.41, 5.74) is 0. The van der Waals surface area contributed by atoms with Crippen LogP contribution < -0.4 is 5.32 Å². The van der Waals surface area contributed by atoms with E-state index >= 15 is 0 Å². The Hall–Kier alpha value is -0.770. The highest BCUT2D eigenvalue weighted by molar-refractivity contribution is 5.80. The Balaban J connectivity index is 1.83. The SMILES string of the molecule is CN=C(NC1CCC1)N1CCC(O)CC1. The third-order valence-corrected chi connectivity index (χ3v) is 3.41. The molecule has 0 bridgehead atoms. The van der Waals surface area contributed by atoms with Gasteiger partial charge in [-0.25, -0.2) is 0 Å². The summed E-state index contributed by atoms with van der Waals surface area (Å²) in [6, 6.07) is 0.635. The number of piperidine rings is 1. The van der Waals surface area contributed by atoms with Crippen molar-refractivity contribution in [2.24, 2.45) is 4.99 Å². The van der Waals surface area contributed by atoms with Crippen LogP contribution in [-0.4, -0.2) is 48.2 Å². The second kappa shape index (κ2) is 4.84. The van der Waals surface area contributed by atoms with E-state index in [0.717, 1.165) is 31.9 Å². The van der Waals surface area contributed by atoms with E-state index in [1.165, 1.54) is 19.3 Å². The molecule has 0 amide bonds. The first-order chi connectivity index (χ1) is 7.29. The molecule has 1 heterocycles. The Labute approximate surface area is 91.4 Å². The van der Waals surface area contributed by atoms with Crippen LogP contribution >= 0.6 is 0 Å². The molecule has 1 saturated carbocycles. The smallest absolute Gasteiger partial charge is 0.193 e. The van der Waals surface area contributed by atoms with Gasteiger partial charge < -0.3 is 15.3 Å². The second-order valence-electron chi connectivity index (χ2n) is 4.54. The molecular weight excluding hydrogens is 190 g/mol. The van der Waals surface area contributed by atoms with Crippen molar-refractivity contribution in [2.45, 2.75) is 44.2 Å². The fraction of sp³-hybridized carbons (Fsp3) is 0.909. The lowest BCUT2D eigenvalue weighted by atomic mass is 9.93. The van der Waals surface area contributed by atoms with Crippen LogP contribution in [0.2, 0.25) is 0 Å². The van der Waals surface area contributed by atoms with Gasteiger partial charge in [0.25, 0.3) is 0 Å². The molecule has 15 heavy (non-hydrogen) atoms. The van der Waals surface area contributed by atoms with Crippen LogP contribution in [0.4, 0.5) is 0 Å². The van der Waals surface area contributed by atoms with Crippen molar-refractivity contribution in [3.63, 3.8) is 0 Å². The molecule has 0 aromatic rings. The topological polar surface area (TPSA) is 47.9 Å². The van der Waals surface area contributed by atoms with Crippen LogP contribution in [0.25, 0.3) is 0 Å². The minimum absolute atomic E-state index is 0.108. The van der Waals surface area contributed by atoms with Crippen LogP contribution in [0.15, 0.2) is 4.99 Å². The molecule has 2 aliphatic rings. The van der Waals surface area contributed by atoms with Crippen LogP contribution in [-0.2, 0) is 0 Å². The van der Waals surface area contributed by atoms with Crippen molar-refractivity contribution in [3.8, 4) is 0 Å². The molecule has 1 aliphatic heterocycles. The number of aliphatic hydroxyl groups is 1. The first kappa shape index (κ1) is 10.7. The fourth-order valence-corrected chi connectivity index (χ4v) is 2.11. The van der Waals surface area contributed by atoms with Gasteiger partial charge in [0, 0.05) is 26.2 Å². The van der Waals surface area contributed by atoms with Gasteiger partial charge in [-0.1, -0.05) is 0 Å². The number of aliphatic imine (C=N–C) groups is 1. The predicted octanol–water partition coefficient (Wildman–Crippen LogP) is 0.571. The molecule has 4 nitrogen and oxygen atoms in total. The maximum Gasteiger partial charge on any atom is 0.193 e. The zero-order chi connectivity index (χ0) is 10.7. The first-order valence-corrected chi connectivity index (χ1v) is 5.96. The standard InChI is InChI=1S/C11H21N3O/c1-12-11(13-9-3-2-4-9)14-7-5-10(15)6-8-14/h9-10,15H,2-8H2,1H3,(H,12,13). The highest BCUT2D eigenvalue weighted by Gasteiger charge is 2.23. The first-order valence-electron chi connectivity index (χ1n) is 5.96. The largest absolute Gasteiger partial charge is 0.393 e. The molecule has 0 radical (unpaired) electrons. The highest BCUT2D eigenvalue weighted by Crippen LogP contribution is 2.19. The van der Waals surface area contributed by atoms with Gasteiger partial charge in [0.05, 0.1) is 6.10 Å². The van der Waals surface area contributed by atoms with Crippen molar-refractivity contribution < 1.29 is 5.11 Å². The average Bonchev–Trinajstić information content (AvgIpc) is 2.19. The highest BCUT2D eigenvalue weighted by atomic mass is 16.3. The van der Waals surface area contributed by atoms with Crippen molar-refractivity contribution in [1.29, 1.82) is 0 Å². The summed E-state index contributed by atoms with van der Waals surface area (Å²) >= 11 is 0. The van der Waals surface area contributed by atoms with E-state index in [2.05, 4.69) is 15.2 Å². The fourth-order valence-electron chi connectivity index (χ4n) is 2.11. The Morgan fingerprint density at radius 3 is 2.40 bits per heavy atom. The molecular formula is C11H21N3O. The minimum Gasteiger partial charge on any atom is -0.393 e. The predicted molar refractivity (Wildman–Crippen MR) is 60.9 cm³/mol. The second-order valence-corrected chi connectivity index (χ2v) is 4.54. The normalized spacial score (nSPS) is 25.2. The lowest BCUT2D eigenvalue weighted by Crippen LogP contribution is -2.51. The molecule has 4 heteroatoms. The van der Waals surface area contributed by atoms with Gasteiger partial charge in [0.2, 0.25) is 0 Å². The summed E-state index contributed by atoms with van der Waals surface area (Å²) in [5, 5.41) is 12.9. The van der Waals surface area contributed by atoms with Gasteiger partial charge >= 0.3 is 0 Å². The van der Waals surface area contributed by atoms with Crippen molar-refractivity contribution in [3.05, 3.63) is 0 Å². The molecule has 2 rings (SSSR count). The quantitative estimate of drug-likeness (QED) is 0.492. The molecule has 86 valence electrons. The van der Waals surface area contributed by atoms with Crippen LogP contribution in [0, 0.1) is 0 Å². The van der Waals surface area contributed by atoms with Crippen molar-refractivity contribution in [2.75, 3.05) is 20.1 Å². The number of likely N-dealkylation sites (tertiary alicyclic amines) is 1. The van der Waals surface area contributed by atoms with Crippen LogP contribution in [0.1, 0.15) is 32.1 Å². The third kappa shape index (κ3) is 2.62. The van der Waals surface area contributed by atoms with E-state index in [0.29, 0.717) is 6.04 Å². The molecule has 2 fully saturated rings. The van der Waals surface area contributed by atoms with Crippen LogP contribution in [0.5, 0.6) is 0 Å². The van der Waals surface area contributed by atoms with Crippen molar-refractivity contribution >= 4 is 5.96 Å². The number of hydrogen-bond donors (Lipinski definition) is 2. The lowest BCUT2D eigenvalue weighted by Gasteiger charge is -2.36. The summed E-state index contributed by atoms with van der Waals surface area (Å²) in [7, 11) is 1.84. The maximum atomic E-state index is 9.43. The van der Waals surface area contributed by atoms with E-state index in [4.69, 9.17) is 0 Å². The third-order valence-electron chi connectivity index (χ3n) is 3.41. The van der Waals surface area contributed by atoms with E-state index in [1.54, 1.807) is 0 Å². The summed E-state index contributed by atoms with van der Waals surface area (Å²) in [5.74, 6) is 1.02. The van der Waals surface area contributed by atoms with Gasteiger partial charge in [-0.05, 0) is 32.1 Å². The number of rotatable bonds is 1. The summed E-state index contributed by atoms with van der Waals surface area (Å²) in [6.45, 7) is 1.85. The van der Waals surface area contributed by atoms with E-state index in [1.807, 2.05) is 7.05 Å². The Morgan fingerprint density at radius 2 is 1.93 bits per heavy atom. The number of aliphatic hydroxyl groups excluding tert-OH is 1. The Kier molecular flexibility index (Phi) is 3.46. The number of hydrogen-bond acceptors (Lipinski definition) is 2. The van der Waals surface area contributed by atoms with Gasteiger partial charge in [0.1, 0.15) is 0 Å². The zero-order valence-corrected chi connectivity index (χ0v) is 9.45. The summed E-state index contributed by atoms with van der Waals surface area (Å²) < 4.78 is 0. The Bertz CT molecular complexity index is 230. The van der Waals surface area contributed by atoms with E-state index < -0.39 is 0 Å². The van der Waals surface area contributed by atoms with E-state index in [-0.39, 0.29) is 6.10 Å². The van der Waals surface area contributed by atoms with Gasteiger partial charge in [-0.2, -0.15) is 0 Å². The average molecular weight is 211 g/mol.